The van der Waals surface area contributed by atoms with Crippen molar-refractivity contribution >= 4 is 23.9 Å². The molecule has 3 heterocycles. The number of nitrogens with zero attached hydrogens (tertiary/aromatic N) is 7. The molecule has 4 rings (SSSR count). The summed E-state index contributed by atoms with van der Waals surface area (Å²) in [7, 11) is 4.06. The van der Waals surface area contributed by atoms with Crippen molar-refractivity contribution in [2.75, 3.05) is 50.6 Å². The molecule has 1 saturated heterocycles. The number of aromatic nitrogens is 4. The molecule has 11 heteroatoms. The molecular weight excluding hydrogens is 422 g/mol. The van der Waals surface area contributed by atoms with Crippen LogP contribution in [0, 0.1) is 0 Å². The maximum absolute atomic E-state index is 6.17. The zero-order valence-corrected chi connectivity index (χ0v) is 19.4. The van der Waals surface area contributed by atoms with Crippen LogP contribution in [0.2, 0.25) is 0 Å². The third-order valence-electron chi connectivity index (χ3n) is 5.70. The van der Waals surface area contributed by atoms with Crippen LogP contribution in [0.5, 0.6) is 6.01 Å². The smallest absolute Gasteiger partial charge is 0.320 e. The van der Waals surface area contributed by atoms with Gasteiger partial charge in [0, 0.05) is 51.1 Å². The first kappa shape index (κ1) is 23.1. The van der Waals surface area contributed by atoms with Crippen LogP contribution in [0.1, 0.15) is 32.7 Å². The van der Waals surface area contributed by atoms with Gasteiger partial charge in [-0.15, -0.1) is 0 Å². The minimum absolute atomic E-state index is 0. The standard InChI is InChI=1S/C22H33N9O2.H2/c1-30(2)14-16-12-24-21(25-13-16)27-17-3-5-18(6-4-17)33-22-28-19(26-15-23)11-20(29-22)31-7-9-32-10-8-31;/h11-13,15,17-18H,3-10,14H2,1-2H3,(H,24,25,27)(H2,23,26,28,29);1H. The molecule has 1 saturated carbocycles. The Morgan fingerprint density at radius 3 is 2.61 bits per heavy atom. The van der Waals surface area contributed by atoms with Gasteiger partial charge in [0.2, 0.25) is 5.95 Å². The third kappa shape index (κ3) is 6.72. The van der Waals surface area contributed by atoms with Gasteiger partial charge in [0.05, 0.1) is 19.6 Å². The van der Waals surface area contributed by atoms with E-state index in [0.717, 1.165) is 56.7 Å². The van der Waals surface area contributed by atoms with E-state index in [0.29, 0.717) is 37.0 Å². The Morgan fingerprint density at radius 2 is 1.94 bits per heavy atom. The van der Waals surface area contributed by atoms with Gasteiger partial charge in [0.1, 0.15) is 11.9 Å². The van der Waals surface area contributed by atoms with E-state index < -0.39 is 0 Å². The molecule has 2 aromatic heterocycles. The second-order valence-corrected chi connectivity index (χ2v) is 8.63. The first-order chi connectivity index (χ1) is 16.1. The Labute approximate surface area is 195 Å². The summed E-state index contributed by atoms with van der Waals surface area (Å²) >= 11 is 0. The summed E-state index contributed by atoms with van der Waals surface area (Å²) < 4.78 is 11.6. The molecule has 1 aliphatic heterocycles. The predicted octanol–water partition coefficient (Wildman–Crippen LogP) is 1.83. The number of hydrogen-bond donors (Lipinski definition) is 2. The highest BCUT2D eigenvalue weighted by Crippen LogP contribution is 2.27. The molecule has 0 atom stereocenters. The Morgan fingerprint density at radius 1 is 1.21 bits per heavy atom. The van der Waals surface area contributed by atoms with Gasteiger partial charge in [-0.3, -0.25) is 0 Å². The molecule has 11 nitrogen and oxygen atoms in total. The first-order valence-corrected chi connectivity index (χ1v) is 11.4. The summed E-state index contributed by atoms with van der Waals surface area (Å²) in [6.07, 6.45) is 8.78. The van der Waals surface area contributed by atoms with E-state index in [9.17, 15) is 0 Å². The molecule has 0 amide bonds. The Bertz CT molecular complexity index is 915. The largest absolute Gasteiger partial charge is 0.460 e. The molecule has 1 aliphatic carbocycles. The predicted molar refractivity (Wildman–Crippen MR) is 129 cm³/mol. The zero-order valence-electron chi connectivity index (χ0n) is 19.4. The van der Waals surface area contributed by atoms with E-state index in [4.69, 9.17) is 15.2 Å². The number of nitrogens with one attached hydrogen (secondary N) is 1. The minimum atomic E-state index is 0. The highest BCUT2D eigenvalue weighted by atomic mass is 16.5. The molecule has 2 aliphatic rings. The lowest BCUT2D eigenvalue weighted by atomic mass is 9.93. The van der Waals surface area contributed by atoms with E-state index in [2.05, 4.69) is 40.0 Å². The summed E-state index contributed by atoms with van der Waals surface area (Å²) in [6.45, 7) is 3.73. The molecule has 0 unspecified atom stereocenters. The lowest BCUT2D eigenvalue weighted by molar-refractivity contribution is 0.121. The lowest BCUT2D eigenvalue weighted by Gasteiger charge is -2.30. The number of anilines is 2. The van der Waals surface area contributed by atoms with Gasteiger partial charge in [-0.2, -0.15) is 9.97 Å². The molecule has 0 spiro atoms. The maximum atomic E-state index is 6.17. The molecule has 0 radical (unpaired) electrons. The summed E-state index contributed by atoms with van der Waals surface area (Å²) in [5, 5.41) is 3.45. The second kappa shape index (κ2) is 11.2. The van der Waals surface area contributed by atoms with Crippen molar-refractivity contribution in [2.24, 2.45) is 10.7 Å². The van der Waals surface area contributed by atoms with Gasteiger partial charge < -0.3 is 30.3 Å². The van der Waals surface area contributed by atoms with Crippen molar-refractivity contribution in [1.29, 1.82) is 0 Å². The van der Waals surface area contributed by atoms with E-state index in [1.54, 1.807) is 0 Å². The molecule has 33 heavy (non-hydrogen) atoms. The average Bonchev–Trinajstić information content (AvgIpc) is 2.82. The highest BCUT2D eigenvalue weighted by Gasteiger charge is 2.24. The Hall–Kier alpha value is -3.05. The van der Waals surface area contributed by atoms with E-state index >= 15 is 0 Å². The first-order valence-electron chi connectivity index (χ1n) is 11.4. The van der Waals surface area contributed by atoms with Gasteiger partial charge in [0.15, 0.2) is 5.82 Å². The fourth-order valence-electron chi connectivity index (χ4n) is 4.08. The summed E-state index contributed by atoms with van der Waals surface area (Å²) in [5.41, 5.74) is 6.58. The number of hydrogen-bond acceptors (Lipinski definition) is 10. The molecule has 2 fully saturated rings. The molecule has 0 bridgehead atoms. The number of ether oxygens (including phenoxy) is 2. The van der Waals surface area contributed by atoms with Gasteiger partial charge >= 0.3 is 6.01 Å². The Kier molecular flexibility index (Phi) is 7.84. The number of aliphatic imine (C=N–C) groups is 1. The van der Waals surface area contributed by atoms with Crippen molar-refractivity contribution < 1.29 is 10.9 Å². The molecule has 180 valence electrons. The van der Waals surface area contributed by atoms with Crippen LogP contribution < -0.4 is 20.7 Å². The van der Waals surface area contributed by atoms with Crippen LogP contribution in [0.3, 0.4) is 0 Å². The summed E-state index contributed by atoms with van der Waals surface area (Å²) in [4.78, 5) is 26.3. The van der Waals surface area contributed by atoms with Gasteiger partial charge in [-0.1, -0.05) is 0 Å². The SMILES string of the molecule is CN(C)Cc1cnc(NC2CCC(Oc3nc(/N=C\N)cc(N4CCOCC4)n3)CC2)nc1.[HH]. The zero-order chi connectivity index (χ0) is 23.0. The van der Waals surface area contributed by atoms with Crippen molar-refractivity contribution in [3.63, 3.8) is 0 Å². The quantitative estimate of drug-likeness (QED) is 0.448. The van der Waals surface area contributed by atoms with Crippen molar-refractivity contribution in [3.05, 3.63) is 24.0 Å². The number of nitrogens with two attached hydrogens (primary N) is 1. The topological polar surface area (TPSA) is 127 Å². The van der Waals surface area contributed by atoms with E-state index in [-0.39, 0.29) is 7.53 Å². The summed E-state index contributed by atoms with van der Waals surface area (Å²) in [5.74, 6) is 1.95. The summed E-state index contributed by atoms with van der Waals surface area (Å²) in [6, 6.07) is 2.49. The second-order valence-electron chi connectivity index (χ2n) is 8.63. The maximum Gasteiger partial charge on any atom is 0.320 e. The van der Waals surface area contributed by atoms with Gasteiger partial charge in [-0.25, -0.2) is 15.0 Å². The fourth-order valence-corrected chi connectivity index (χ4v) is 4.08. The molecule has 2 aromatic rings. The van der Waals surface area contributed by atoms with Crippen molar-refractivity contribution in [1.82, 2.24) is 24.8 Å². The third-order valence-corrected chi connectivity index (χ3v) is 5.70. The number of morpholine rings is 1. The van der Waals surface area contributed by atoms with Crippen molar-refractivity contribution in [3.8, 4) is 6.01 Å². The van der Waals surface area contributed by atoms with Crippen LogP contribution >= 0.6 is 0 Å². The van der Waals surface area contributed by atoms with Gasteiger partial charge in [0.25, 0.3) is 0 Å². The fraction of sp³-hybridized carbons (Fsp3) is 0.591. The van der Waals surface area contributed by atoms with Crippen LogP contribution in [-0.2, 0) is 11.3 Å². The Balaban J connectivity index is 0.00000324. The van der Waals surface area contributed by atoms with Crippen molar-refractivity contribution in [2.45, 2.75) is 44.4 Å². The van der Waals surface area contributed by atoms with E-state index in [1.165, 1.54) is 6.34 Å². The molecular formula is C22H35N9O2. The van der Waals surface area contributed by atoms with E-state index in [1.807, 2.05) is 32.6 Å². The van der Waals surface area contributed by atoms with Gasteiger partial charge in [-0.05, 0) is 39.8 Å². The molecule has 3 N–H and O–H groups in total. The minimum Gasteiger partial charge on any atom is -0.460 e. The average molecular weight is 458 g/mol. The van der Waals surface area contributed by atoms with Crippen LogP contribution in [0.4, 0.5) is 17.6 Å². The van der Waals surface area contributed by atoms with Crippen LogP contribution in [-0.4, -0.2) is 83.7 Å². The van der Waals surface area contributed by atoms with Crippen LogP contribution in [0.25, 0.3) is 0 Å². The monoisotopic (exact) mass is 457 g/mol. The highest BCUT2D eigenvalue weighted by molar-refractivity contribution is 5.59. The number of rotatable bonds is 8. The normalized spacial score (nSPS) is 21.5. The lowest BCUT2D eigenvalue weighted by Crippen LogP contribution is -2.37. The molecule has 0 aromatic carbocycles. The van der Waals surface area contributed by atoms with Crippen LogP contribution in [0.15, 0.2) is 23.5 Å².